The van der Waals surface area contributed by atoms with Gasteiger partial charge in [-0.05, 0) is 24.5 Å². The number of sulfonamides is 1. The lowest BCUT2D eigenvalue weighted by Gasteiger charge is -2.19. The predicted octanol–water partition coefficient (Wildman–Crippen LogP) is 1.02. The van der Waals surface area contributed by atoms with Crippen molar-refractivity contribution in [1.82, 2.24) is 4.72 Å². The lowest BCUT2D eigenvalue weighted by Crippen LogP contribution is -2.38. The molecule has 1 saturated heterocycles. The van der Waals surface area contributed by atoms with E-state index in [-0.39, 0.29) is 24.3 Å². The summed E-state index contributed by atoms with van der Waals surface area (Å²) < 4.78 is 32.2. The monoisotopic (exact) mass is 299 g/mol. The van der Waals surface area contributed by atoms with E-state index in [4.69, 9.17) is 9.84 Å². The second kappa shape index (κ2) is 6.67. The van der Waals surface area contributed by atoms with E-state index in [1.807, 2.05) is 6.92 Å². The standard InChI is InChI=1S/C14H21NO4S/c1-11(14-6-7-19-9-14)15-20(17,18)10-13-4-2-12(8-16)3-5-13/h2-5,11,14-16H,6-10H2,1H3. The Hall–Kier alpha value is -0.950. The minimum Gasteiger partial charge on any atom is -0.392 e. The molecule has 2 N–H and O–H groups in total. The Morgan fingerprint density at radius 1 is 1.35 bits per heavy atom. The van der Waals surface area contributed by atoms with Crippen molar-refractivity contribution in [2.24, 2.45) is 5.92 Å². The largest absolute Gasteiger partial charge is 0.392 e. The van der Waals surface area contributed by atoms with Gasteiger partial charge in [-0.1, -0.05) is 24.3 Å². The summed E-state index contributed by atoms with van der Waals surface area (Å²) in [6.45, 7) is 3.17. The number of benzene rings is 1. The van der Waals surface area contributed by atoms with Crippen molar-refractivity contribution in [2.45, 2.75) is 31.7 Å². The fraction of sp³-hybridized carbons (Fsp3) is 0.571. The molecule has 6 heteroatoms. The molecule has 2 rings (SSSR count). The quantitative estimate of drug-likeness (QED) is 0.822. The Labute approximate surface area is 120 Å². The summed E-state index contributed by atoms with van der Waals surface area (Å²) >= 11 is 0. The Morgan fingerprint density at radius 3 is 2.55 bits per heavy atom. The molecule has 0 amide bonds. The molecule has 1 aromatic carbocycles. The third kappa shape index (κ3) is 4.28. The van der Waals surface area contributed by atoms with E-state index in [1.54, 1.807) is 24.3 Å². The van der Waals surface area contributed by atoms with Crippen molar-refractivity contribution in [1.29, 1.82) is 0 Å². The number of ether oxygens (including phenoxy) is 1. The van der Waals surface area contributed by atoms with Crippen LogP contribution in [0.15, 0.2) is 24.3 Å². The molecule has 112 valence electrons. The van der Waals surface area contributed by atoms with Gasteiger partial charge in [0.2, 0.25) is 10.0 Å². The van der Waals surface area contributed by atoms with E-state index >= 15 is 0 Å². The van der Waals surface area contributed by atoms with Gasteiger partial charge in [-0.15, -0.1) is 0 Å². The first-order valence-electron chi connectivity index (χ1n) is 6.76. The Balaban J connectivity index is 1.95. The number of aliphatic hydroxyl groups excluding tert-OH is 1. The number of hydrogen-bond donors (Lipinski definition) is 2. The van der Waals surface area contributed by atoms with Crippen LogP contribution in [-0.4, -0.2) is 32.8 Å². The van der Waals surface area contributed by atoms with E-state index in [1.165, 1.54) is 0 Å². The second-order valence-corrected chi connectivity index (χ2v) is 7.02. The highest BCUT2D eigenvalue weighted by Gasteiger charge is 2.25. The molecule has 0 aliphatic carbocycles. The van der Waals surface area contributed by atoms with E-state index in [0.717, 1.165) is 12.0 Å². The molecule has 1 aromatic rings. The number of rotatable bonds is 6. The van der Waals surface area contributed by atoms with Crippen LogP contribution in [0.4, 0.5) is 0 Å². The SMILES string of the molecule is CC(NS(=O)(=O)Cc1ccc(CO)cc1)C1CCOC1. The van der Waals surface area contributed by atoms with Crippen LogP contribution >= 0.6 is 0 Å². The maximum atomic E-state index is 12.1. The van der Waals surface area contributed by atoms with Crippen LogP contribution < -0.4 is 4.72 Å². The fourth-order valence-electron chi connectivity index (χ4n) is 2.33. The lowest BCUT2D eigenvalue weighted by molar-refractivity contribution is 0.180. The molecule has 1 fully saturated rings. The summed E-state index contributed by atoms with van der Waals surface area (Å²) in [4.78, 5) is 0. The van der Waals surface area contributed by atoms with Gasteiger partial charge >= 0.3 is 0 Å². The summed E-state index contributed by atoms with van der Waals surface area (Å²) in [6, 6.07) is 6.82. The lowest BCUT2D eigenvalue weighted by atomic mass is 10.0. The minimum absolute atomic E-state index is 0.0377. The van der Waals surface area contributed by atoms with Crippen molar-refractivity contribution >= 4 is 10.0 Å². The molecule has 0 radical (unpaired) electrons. The first-order valence-corrected chi connectivity index (χ1v) is 8.42. The first kappa shape index (κ1) is 15.4. The zero-order valence-electron chi connectivity index (χ0n) is 11.6. The zero-order chi connectivity index (χ0) is 14.6. The normalized spacial score (nSPS) is 21.0. The van der Waals surface area contributed by atoms with Gasteiger partial charge in [0.1, 0.15) is 0 Å². The highest BCUT2D eigenvalue weighted by molar-refractivity contribution is 7.88. The third-order valence-corrected chi connectivity index (χ3v) is 5.04. The molecule has 0 bridgehead atoms. The van der Waals surface area contributed by atoms with Crippen molar-refractivity contribution in [2.75, 3.05) is 13.2 Å². The third-order valence-electron chi connectivity index (χ3n) is 3.60. The molecule has 0 aromatic heterocycles. The average molecular weight is 299 g/mol. The number of nitrogens with one attached hydrogen (secondary N) is 1. The van der Waals surface area contributed by atoms with Gasteiger partial charge in [-0.2, -0.15) is 0 Å². The summed E-state index contributed by atoms with van der Waals surface area (Å²) in [7, 11) is -3.36. The first-order chi connectivity index (χ1) is 9.50. The average Bonchev–Trinajstić information content (AvgIpc) is 2.92. The summed E-state index contributed by atoms with van der Waals surface area (Å²) in [5, 5.41) is 8.96. The van der Waals surface area contributed by atoms with E-state index in [2.05, 4.69) is 4.72 Å². The van der Waals surface area contributed by atoms with Crippen LogP contribution in [0.3, 0.4) is 0 Å². The Morgan fingerprint density at radius 2 is 2.00 bits per heavy atom. The maximum Gasteiger partial charge on any atom is 0.216 e. The minimum atomic E-state index is -3.36. The van der Waals surface area contributed by atoms with E-state index in [0.29, 0.717) is 18.8 Å². The molecule has 5 nitrogen and oxygen atoms in total. The second-order valence-electron chi connectivity index (χ2n) is 5.26. The van der Waals surface area contributed by atoms with Crippen LogP contribution in [0, 0.1) is 5.92 Å². The fourth-order valence-corrected chi connectivity index (χ4v) is 3.80. The van der Waals surface area contributed by atoms with Crippen LogP contribution in [0.1, 0.15) is 24.5 Å². The molecule has 0 saturated carbocycles. The smallest absolute Gasteiger partial charge is 0.216 e. The van der Waals surface area contributed by atoms with Gasteiger partial charge in [0.05, 0.1) is 19.0 Å². The zero-order valence-corrected chi connectivity index (χ0v) is 12.4. The van der Waals surface area contributed by atoms with Gasteiger partial charge < -0.3 is 9.84 Å². The highest BCUT2D eigenvalue weighted by Crippen LogP contribution is 2.17. The summed E-state index contributed by atoms with van der Waals surface area (Å²) in [5.41, 5.74) is 1.49. The van der Waals surface area contributed by atoms with E-state index in [9.17, 15) is 8.42 Å². The molecule has 1 aliphatic rings. The molecule has 2 atom stereocenters. The van der Waals surface area contributed by atoms with E-state index < -0.39 is 10.0 Å². The van der Waals surface area contributed by atoms with Gasteiger partial charge in [0, 0.05) is 18.6 Å². The van der Waals surface area contributed by atoms with Crippen molar-refractivity contribution in [3.63, 3.8) is 0 Å². The summed E-state index contributed by atoms with van der Waals surface area (Å²) in [5.74, 6) is 0.206. The highest BCUT2D eigenvalue weighted by atomic mass is 32.2. The van der Waals surface area contributed by atoms with Gasteiger partial charge in [0.25, 0.3) is 0 Å². The van der Waals surface area contributed by atoms with Crippen molar-refractivity contribution < 1.29 is 18.3 Å². The molecule has 1 aliphatic heterocycles. The van der Waals surface area contributed by atoms with Crippen LogP contribution in [0.2, 0.25) is 0 Å². The van der Waals surface area contributed by atoms with Crippen molar-refractivity contribution in [3.05, 3.63) is 35.4 Å². The molecular formula is C14H21NO4S. The maximum absolute atomic E-state index is 12.1. The molecule has 1 heterocycles. The molecule has 0 spiro atoms. The molecule has 20 heavy (non-hydrogen) atoms. The van der Waals surface area contributed by atoms with Gasteiger partial charge in [-0.25, -0.2) is 13.1 Å². The molecule has 2 unspecified atom stereocenters. The van der Waals surface area contributed by atoms with Gasteiger partial charge in [-0.3, -0.25) is 0 Å². The Kier molecular flexibility index (Phi) is 5.15. The predicted molar refractivity (Wildman–Crippen MR) is 76.5 cm³/mol. The van der Waals surface area contributed by atoms with Gasteiger partial charge in [0.15, 0.2) is 0 Å². The molecular weight excluding hydrogens is 278 g/mol. The van der Waals surface area contributed by atoms with Crippen LogP contribution in [-0.2, 0) is 27.1 Å². The summed E-state index contributed by atoms with van der Waals surface area (Å²) in [6.07, 6.45) is 0.898. The topological polar surface area (TPSA) is 75.6 Å². The van der Waals surface area contributed by atoms with Crippen LogP contribution in [0.25, 0.3) is 0 Å². The number of aliphatic hydroxyl groups is 1. The van der Waals surface area contributed by atoms with Crippen molar-refractivity contribution in [3.8, 4) is 0 Å². The Bertz CT molecular complexity index is 521. The van der Waals surface area contributed by atoms with Crippen LogP contribution in [0.5, 0.6) is 0 Å². The number of hydrogen-bond acceptors (Lipinski definition) is 4.